The highest BCUT2D eigenvalue weighted by atomic mass is 16.5. The molecule has 0 radical (unpaired) electrons. The minimum Gasteiger partial charge on any atom is -0.452 e. The molecule has 1 aromatic rings. The van der Waals surface area contributed by atoms with Crippen LogP contribution in [-0.4, -0.2) is 47.5 Å². The maximum atomic E-state index is 12.6. The first-order valence-corrected chi connectivity index (χ1v) is 9.50. The second-order valence-electron chi connectivity index (χ2n) is 7.00. The number of amides is 3. The molecule has 3 atom stereocenters. The lowest BCUT2D eigenvalue weighted by Gasteiger charge is -2.40. The molecular weight excluding hydrogens is 346 g/mol. The quantitative estimate of drug-likeness (QED) is 0.749. The number of hydrogen-bond donors (Lipinski definition) is 2. The predicted molar refractivity (Wildman–Crippen MR) is 103 cm³/mol. The Morgan fingerprint density at radius 1 is 1.15 bits per heavy atom. The van der Waals surface area contributed by atoms with Crippen molar-refractivity contribution >= 4 is 23.6 Å². The SMILES string of the molecule is CC(OC(=O)CCNC(=O)Nc1ccccc1)C(=O)N1C(C)CCCC1C. The van der Waals surface area contributed by atoms with Crippen LogP contribution >= 0.6 is 0 Å². The largest absolute Gasteiger partial charge is 0.452 e. The van der Waals surface area contributed by atoms with E-state index in [0.29, 0.717) is 5.69 Å². The van der Waals surface area contributed by atoms with Crippen molar-refractivity contribution in [3.63, 3.8) is 0 Å². The van der Waals surface area contributed by atoms with E-state index in [1.807, 2.05) is 36.9 Å². The van der Waals surface area contributed by atoms with E-state index in [1.54, 1.807) is 19.1 Å². The second kappa shape index (κ2) is 9.94. The number of ether oxygens (including phenoxy) is 1. The zero-order valence-corrected chi connectivity index (χ0v) is 16.2. The lowest BCUT2D eigenvalue weighted by atomic mass is 9.97. The highest BCUT2D eigenvalue weighted by molar-refractivity contribution is 5.89. The van der Waals surface area contributed by atoms with Gasteiger partial charge >= 0.3 is 12.0 Å². The third-order valence-electron chi connectivity index (χ3n) is 4.75. The van der Waals surface area contributed by atoms with Gasteiger partial charge in [-0.3, -0.25) is 9.59 Å². The number of nitrogens with zero attached hydrogens (tertiary/aromatic N) is 1. The van der Waals surface area contributed by atoms with Crippen LogP contribution in [-0.2, 0) is 14.3 Å². The number of carbonyl (C=O) groups is 3. The Kier molecular flexibility index (Phi) is 7.64. The van der Waals surface area contributed by atoms with E-state index in [4.69, 9.17) is 4.74 Å². The monoisotopic (exact) mass is 375 g/mol. The van der Waals surface area contributed by atoms with Gasteiger partial charge in [-0.1, -0.05) is 18.2 Å². The number of likely N-dealkylation sites (tertiary alicyclic amines) is 1. The van der Waals surface area contributed by atoms with Gasteiger partial charge in [0.15, 0.2) is 6.10 Å². The van der Waals surface area contributed by atoms with E-state index < -0.39 is 18.1 Å². The number of rotatable bonds is 6. The van der Waals surface area contributed by atoms with Gasteiger partial charge in [0.2, 0.25) is 0 Å². The molecule has 0 bridgehead atoms. The highest BCUT2D eigenvalue weighted by Crippen LogP contribution is 2.23. The fourth-order valence-corrected chi connectivity index (χ4v) is 3.35. The number of hydrogen-bond acceptors (Lipinski definition) is 4. The molecule has 7 heteroatoms. The Hall–Kier alpha value is -2.57. The molecule has 27 heavy (non-hydrogen) atoms. The van der Waals surface area contributed by atoms with Crippen LogP contribution < -0.4 is 10.6 Å². The van der Waals surface area contributed by atoms with Crippen LogP contribution in [0.25, 0.3) is 0 Å². The van der Waals surface area contributed by atoms with Crippen LogP contribution in [0, 0.1) is 0 Å². The Morgan fingerprint density at radius 3 is 2.41 bits per heavy atom. The third-order valence-corrected chi connectivity index (χ3v) is 4.75. The molecule has 2 N–H and O–H groups in total. The molecule has 0 saturated carbocycles. The molecule has 0 spiro atoms. The van der Waals surface area contributed by atoms with Gasteiger partial charge < -0.3 is 20.3 Å². The van der Waals surface area contributed by atoms with Crippen molar-refractivity contribution in [1.82, 2.24) is 10.2 Å². The maximum absolute atomic E-state index is 12.6. The first-order chi connectivity index (χ1) is 12.9. The summed E-state index contributed by atoms with van der Waals surface area (Å²) < 4.78 is 5.26. The lowest BCUT2D eigenvalue weighted by Crippen LogP contribution is -2.51. The fraction of sp³-hybridized carbons (Fsp3) is 0.550. The van der Waals surface area contributed by atoms with E-state index in [-0.39, 0.29) is 31.0 Å². The average Bonchev–Trinajstić information content (AvgIpc) is 2.62. The molecule has 1 aliphatic rings. The Morgan fingerprint density at radius 2 is 1.78 bits per heavy atom. The lowest BCUT2D eigenvalue weighted by molar-refractivity contribution is -0.162. The van der Waals surface area contributed by atoms with Gasteiger partial charge in [0.25, 0.3) is 5.91 Å². The van der Waals surface area contributed by atoms with Crippen LogP contribution in [0.3, 0.4) is 0 Å². The van der Waals surface area contributed by atoms with Crippen LogP contribution in [0.1, 0.15) is 46.5 Å². The normalized spacial score (nSPS) is 20.5. The van der Waals surface area contributed by atoms with Crippen molar-refractivity contribution in [1.29, 1.82) is 0 Å². The van der Waals surface area contributed by atoms with E-state index >= 15 is 0 Å². The highest BCUT2D eigenvalue weighted by Gasteiger charge is 2.33. The molecule has 2 rings (SSSR count). The maximum Gasteiger partial charge on any atom is 0.319 e. The van der Waals surface area contributed by atoms with Gasteiger partial charge in [0.05, 0.1) is 6.42 Å². The van der Waals surface area contributed by atoms with Gasteiger partial charge in [-0.05, 0) is 52.2 Å². The molecule has 1 aromatic carbocycles. The summed E-state index contributed by atoms with van der Waals surface area (Å²) in [5.74, 6) is -0.661. The van der Waals surface area contributed by atoms with E-state index in [2.05, 4.69) is 10.6 Å². The zero-order chi connectivity index (χ0) is 19.8. The first-order valence-electron chi connectivity index (χ1n) is 9.50. The van der Waals surface area contributed by atoms with Gasteiger partial charge in [0, 0.05) is 24.3 Å². The van der Waals surface area contributed by atoms with Gasteiger partial charge in [-0.2, -0.15) is 0 Å². The van der Waals surface area contributed by atoms with E-state index in [1.165, 1.54) is 0 Å². The summed E-state index contributed by atoms with van der Waals surface area (Å²) in [6, 6.07) is 8.94. The summed E-state index contributed by atoms with van der Waals surface area (Å²) in [4.78, 5) is 38.2. The summed E-state index contributed by atoms with van der Waals surface area (Å²) in [5.41, 5.74) is 0.668. The Balaban J connectivity index is 1.71. The average molecular weight is 375 g/mol. The van der Waals surface area contributed by atoms with Crippen molar-refractivity contribution in [2.45, 2.75) is 64.6 Å². The molecule has 148 valence electrons. The fourth-order valence-electron chi connectivity index (χ4n) is 3.35. The summed E-state index contributed by atoms with van der Waals surface area (Å²) in [7, 11) is 0. The first kappa shape index (κ1) is 20.7. The van der Waals surface area contributed by atoms with Gasteiger partial charge in [-0.15, -0.1) is 0 Å². The zero-order valence-electron chi connectivity index (χ0n) is 16.2. The van der Waals surface area contributed by atoms with Crippen LogP contribution in [0.2, 0.25) is 0 Å². The molecule has 7 nitrogen and oxygen atoms in total. The van der Waals surface area contributed by atoms with Crippen LogP contribution in [0.15, 0.2) is 30.3 Å². The molecule has 0 aromatic heterocycles. The second-order valence-corrected chi connectivity index (χ2v) is 7.00. The van der Waals surface area contributed by atoms with Crippen LogP contribution in [0.4, 0.5) is 10.5 Å². The third kappa shape index (κ3) is 6.27. The smallest absolute Gasteiger partial charge is 0.319 e. The Bertz CT molecular complexity index is 640. The van der Waals surface area contributed by atoms with Crippen molar-refractivity contribution in [2.24, 2.45) is 0 Å². The van der Waals surface area contributed by atoms with Gasteiger partial charge in [-0.25, -0.2) is 4.79 Å². The van der Waals surface area contributed by atoms with Gasteiger partial charge in [0.1, 0.15) is 0 Å². The topological polar surface area (TPSA) is 87.7 Å². The number of piperidine rings is 1. The molecule has 3 amide bonds. The number of nitrogens with one attached hydrogen (secondary N) is 2. The standard InChI is InChI=1S/C20H29N3O4/c1-14-8-7-9-15(2)23(14)19(25)16(3)27-18(24)12-13-21-20(26)22-17-10-5-4-6-11-17/h4-6,10-11,14-16H,7-9,12-13H2,1-3H3,(H2,21,22,26). The molecule has 1 fully saturated rings. The summed E-state index contributed by atoms with van der Waals surface area (Å²) in [5, 5.41) is 5.26. The number of esters is 1. The number of anilines is 1. The van der Waals surface area contributed by atoms with Crippen molar-refractivity contribution in [3.05, 3.63) is 30.3 Å². The predicted octanol–water partition coefficient (Wildman–Crippen LogP) is 2.92. The van der Waals surface area contributed by atoms with Crippen molar-refractivity contribution in [2.75, 3.05) is 11.9 Å². The van der Waals surface area contributed by atoms with Crippen LogP contribution in [0.5, 0.6) is 0 Å². The molecule has 1 heterocycles. The number of carbonyl (C=O) groups excluding carboxylic acids is 3. The summed E-state index contributed by atoms with van der Waals surface area (Å²) in [6.45, 7) is 5.79. The minimum absolute atomic E-state index is 0.00490. The number of para-hydroxylation sites is 1. The summed E-state index contributed by atoms with van der Waals surface area (Å²) in [6.07, 6.45) is 2.23. The molecule has 1 aliphatic heterocycles. The van der Waals surface area contributed by atoms with Crippen molar-refractivity contribution in [3.8, 4) is 0 Å². The molecule has 0 aliphatic carbocycles. The Labute approximate surface area is 160 Å². The molecule has 1 saturated heterocycles. The summed E-state index contributed by atoms with van der Waals surface area (Å²) >= 11 is 0. The molecule has 3 unspecified atom stereocenters. The number of benzene rings is 1. The number of urea groups is 1. The minimum atomic E-state index is -0.821. The van der Waals surface area contributed by atoms with Crippen molar-refractivity contribution < 1.29 is 19.1 Å². The molecular formula is C20H29N3O4. The van der Waals surface area contributed by atoms with E-state index in [0.717, 1.165) is 19.3 Å². The van der Waals surface area contributed by atoms with E-state index in [9.17, 15) is 14.4 Å².